The molecule has 0 N–H and O–H groups in total. The molecular weight excluding hydrogens is 513 g/mol. The van der Waals surface area contributed by atoms with Crippen molar-refractivity contribution < 1.29 is 18.7 Å². The van der Waals surface area contributed by atoms with Crippen LogP contribution in [0.1, 0.15) is 29.8 Å². The second-order valence-electron chi connectivity index (χ2n) is 10.2. The number of rotatable bonds is 6. The molecule has 7 nitrogen and oxygen atoms in total. The van der Waals surface area contributed by atoms with Crippen LogP contribution in [-0.4, -0.2) is 79.4 Å². The fraction of sp³-hybridized carbons (Fsp3) is 0.429. The molecule has 2 aromatic carbocycles. The molecule has 1 aromatic heterocycles. The van der Waals surface area contributed by atoms with Crippen LogP contribution in [0.5, 0.6) is 5.75 Å². The highest BCUT2D eigenvalue weighted by Gasteiger charge is 2.40. The topological polar surface area (TPSA) is 66.2 Å². The summed E-state index contributed by atoms with van der Waals surface area (Å²) in [7, 11) is 2.07. The first-order valence-corrected chi connectivity index (χ1v) is 13.4. The van der Waals surface area contributed by atoms with Crippen molar-refractivity contribution in [3.05, 3.63) is 64.3 Å². The van der Waals surface area contributed by atoms with Gasteiger partial charge in [-0.15, -0.1) is 0 Å². The molecule has 0 radical (unpaired) electrons. The highest BCUT2D eigenvalue weighted by Crippen LogP contribution is 2.38. The molecule has 37 heavy (non-hydrogen) atoms. The van der Waals surface area contributed by atoms with E-state index in [9.17, 15) is 9.59 Å². The number of carbonyl (C=O) groups is 2. The number of piperazine rings is 1. The zero-order valence-corrected chi connectivity index (χ0v) is 22.4. The van der Waals surface area contributed by atoms with E-state index in [-0.39, 0.29) is 17.2 Å². The van der Waals surface area contributed by atoms with Crippen LogP contribution < -0.4 is 4.74 Å². The summed E-state index contributed by atoms with van der Waals surface area (Å²) in [6, 6.07) is 14.3. The summed E-state index contributed by atoms with van der Waals surface area (Å²) in [6.45, 7) is 4.66. The molecule has 9 heteroatoms. The third-order valence-corrected chi connectivity index (χ3v) is 7.99. The monoisotopic (exact) mass is 543 g/mol. The molecule has 0 bridgehead atoms. The first-order chi connectivity index (χ1) is 17.8. The molecule has 0 spiro atoms. The van der Waals surface area contributed by atoms with E-state index in [2.05, 4.69) is 11.9 Å². The van der Waals surface area contributed by atoms with Gasteiger partial charge in [0.05, 0.1) is 6.61 Å². The van der Waals surface area contributed by atoms with Crippen molar-refractivity contribution in [3.63, 3.8) is 0 Å². The van der Waals surface area contributed by atoms with Gasteiger partial charge in [0, 0.05) is 66.5 Å². The largest absolute Gasteiger partial charge is 0.493 e. The quantitative estimate of drug-likeness (QED) is 0.427. The highest BCUT2D eigenvalue weighted by molar-refractivity contribution is 6.31. The minimum Gasteiger partial charge on any atom is -0.493 e. The highest BCUT2D eigenvalue weighted by atomic mass is 35.5. The molecule has 0 unspecified atom stereocenters. The minimum atomic E-state index is -0.374. The number of hydrogen-bond acceptors (Lipinski definition) is 5. The summed E-state index contributed by atoms with van der Waals surface area (Å²) < 4.78 is 12.0. The molecule has 2 fully saturated rings. The van der Waals surface area contributed by atoms with Crippen molar-refractivity contribution in [1.29, 1.82) is 0 Å². The maximum Gasteiger partial charge on any atom is 0.289 e. The third kappa shape index (κ3) is 6.06. The second-order valence-corrected chi connectivity index (χ2v) is 11.1. The van der Waals surface area contributed by atoms with Crippen molar-refractivity contribution in [2.24, 2.45) is 5.41 Å². The van der Waals surface area contributed by atoms with E-state index < -0.39 is 0 Å². The number of piperidine rings is 1. The van der Waals surface area contributed by atoms with E-state index in [0.717, 1.165) is 31.6 Å². The fourth-order valence-corrected chi connectivity index (χ4v) is 5.47. The molecule has 0 atom stereocenters. The Hall–Kier alpha value is -2.74. The predicted molar refractivity (Wildman–Crippen MR) is 144 cm³/mol. The van der Waals surface area contributed by atoms with Crippen LogP contribution in [0.15, 0.2) is 52.9 Å². The number of amides is 2. The number of carbonyl (C=O) groups excluding carboxylic acids is 2. The number of hydrogen-bond donors (Lipinski definition) is 0. The normalized spacial score (nSPS) is 18.2. The Bertz CT molecular complexity index is 1280. The van der Waals surface area contributed by atoms with Crippen LogP contribution in [-0.2, 0) is 4.79 Å². The molecule has 0 aliphatic carbocycles. The SMILES string of the molecule is CN1CCN(C(=O)CC2(COc3cccc(Cl)c3)CCN(C(=O)c3cc4cc(Cl)ccc4o3)CC2)CC1. The van der Waals surface area contributed by atoms with Gasteiger partial charge in [-0.1, -0.05) is 29.3 Å². The molecule has 0 saturated carbocycles. The van der Waals surface area contributed by atoms with Gasteiger partial charge in [-0.3, -0.25) is 9.59 Å². The zero-order valence-electron chi connectivity index (χ0n) is 20.9. The Morgan fingerprint density at radius 2 is 1.65 bits per heavy atom. The maximum absolute atomic E-state index is 13.3. The molecule has 5 rings (SSSR count). The molecule has 2 amide bonds. The van der Waals surface area contributed by atoms with Gasteiger partial charge < -0.3 is 23.9 Å². The number of likely N-dealkylation sites (N-methyl/N-ethyl adjacent to an activating group) is 1. The Morgan fingerprint density at radius 3 is 2.38 bits per heavy atom. The minimum absolute atomic E-state index is 0.150. The lowest BCUT2D eigenvalue weighted by molar-refractivity contribution is -0.136. The van der Waals surface area contributed by atoms with Gasteiger partial charge in [0.25, 0.3) is 5.91 Å². The molecule has 2 aliphatic rings. The average Bonchev–Trinajstić information content (AvgIpc) is 3.31. The molecule has 2 aliphatic heterocycles. The Morgan fingerprint density at radius 1 is 0.919 bits per heavy atom. The number of nitrogens with zero attached hydrogens (tertiary/aromatic N) is 3. The van der Waals surface area contributed by atoms with Gasteiger partial charge in [-0.2, -0.15) is 0 Å². The lowest BCUT2D eigenvalue weighted by Gasteiger charge is -2.42. The molecule has 3 aromatic rings. The zero-order chi connectivity index (χ0) is 26.0. The van der Waals surface area contributed by atoms with Crippen molar-refractivity contribution >= 4 is 46.0 Å². The standard InChI is InChI=1S/C28H31Cl2N3O4/c1-31-11-13-32(14-12-31)26(34)18-28(19-36-23-4-2-3-21(29)17-23)7-9-33(10-8-28)27(35)25-16-20-15-22(30)5-6-24(20)37-25/h2-6,15-17H,7-14,18-19H2,1H3. The molecule has 196 valence electrons. The van der Waals surface area contributed by atoms with E-state index in [1.807, 2.05) is 17.0 Å². The van der Waals surface area contributed by atoms with Crippen molar-refractivity contribution in [1.82, 2.24) is 14.7 Å². The van der Waals surface area contributed by atoms with Gasteiger partial charge >= 0.3 is 0 Å². The number of likely N-dealkylation sites (tertiary alicyclic amines) is 1. The first-order valence-electron chi connectivity index (χ1n) is 12.6. The van der Waals surface area contributed by atoms with Crippen LogP contribution in [0, 0.1) is 5.41 Å². The van der Waals surface area contributed by atoms with Crippen LogP contribution >= 0.6 is 23.2 Å². The summed E-state index contributed by atoms with van der Waals surface area (Å²) in [4.78, 5) is 32.6. The van der Waals surface area contributed by atoms with Gasteiger partial charge in [0.2, 0.25) is 5.91 Å². The fourth-order valence-electron chi connectivity index (χ4n) is 5.11. The van der Waals surface area contributed by atoms with E-state index in [4.69, 9.17) is 32.4 Å². The second kappa shape index (κ2) is 10.9. The van der Waals surface area contributed by atoms with Crippen molar-refractivity contribution in [3.8, 4) is 5.75 Å². The molecule has 3 heterocycles. The summed E-state index contributed by atoms with van der Waals surface area (Å²) in [5.74, 6) is 0.977. The summed E-state index contributed by atoms with van der Waals surface area (Å²) in [6.07, 6.45) is 1.71. The summed E-state index contributed by atoms with van der Waals surface area (Å²) >= 11 is 12.2. The van der Waals surface area contributed by atoms with Gasteiger partial charge in [-0.25, -0.2) is 0 Å². The smallest absolute Gasteiger partial charge is 0.289 e. The maximum atomic E-state index is 13.3. The average molecular weight is 544 g/mol. The van der Waals surface area contributed by atoms with E-state index in [0.29, 0.717) is 66.1 Å². The lowest BCUT2D eigenvalue weighted by atomic mass is 9.75. The Labute approximate surface area is 226 Å². The number of fused-ring (bicyclic) bond motifs is 1. The van der Waals surface area contributed by atoms with Crippen LogP contribution in [0.4, 0.5) is 0 Å². The van der Waals surface area contributed by atoms with Crippen molar-refractivity contribution in [2.45, 2.75) is 19.3 Å². The van der Waals surface area contributed by atoms with Crippen LogP contribution in [0.2, 0.25) is 10.0 Å². The number of furan rings is 1. The van der Waals surface area contributed by atoms with Gasteiger partial charge in [-0.05, 0) is 62.4 Å². The third-order valence-electron chi connectivity index (χ3n) is 7.52. The first kappa shape index (κ1) is 25.9. The number of halogens is 2. The van der Waals surface area contributed by atoms with Crippen molar-refractivity contribution in [2.75, 3.05) is 52.9 Å². The summed E-state index contributed by atoms with van der Waals surface area (Å²) in [5.41, 5.74) is 0.257. The Kier molecular flexibility index (Phi) is 7.65. The van der Waals surface area contributed by atoms with Crippen LogP contribution in [0.3, 0.4) is 0 Å². The Balaban J connectivity index is 1.29. The molecular formula is C28H31Cl2N3O4. The van der Waals surface area contributed by atoms with Gasteiger partial charge in [0.1, 0.15) is 11.3 Å². The number of ether oxygens (including phenoxy) is 1. The van der Waals surface area contributed by atoms with E-state index in [1.165, 1.54) is 0 Å². The predicted octanol–water partition coefficient (Wildman–Crippen LogP) is 5.21. The van der Waals surface area contributed by atoms with Crippen LogP contribution in [0.25, 0.3) is 11.0 Å². The van der Waals surface area contributed by atoms with E-state index >= 15 is 0 Å². The van der Waals surface area contributed by atoms with Gasteiger partial charge in [0.15, 0.2) is 5.76 Å². The molecule has 2 saturated heterocycles. The van der Waals surface area contributed by atoms with E-state index in [1.54, 1.807) is 41.3 Å². The lowest BCUT2D eigenvalue weighted by Crippen LogP contribution is -2.51. The summed E-state index contributed by atoms with van der Waals surface area (Å²) in [5, 5.41) is 2.00. The number of benzene rings is 2.